The largest absolute Gasteiger partial charge is 0.497 e. The van der Waals surface area contributed by atoms with Crippen molar-refractivity contribution >= 4 is 25.4 Å². The average molecular weight is 619 g/mol. The Balaban J connectivity index is 1.63. The van der Waals surface area contributed by atoms with Gasteiger partial charge in [-0.2, -0.15) is 0 Å². The van der Waals surface area contributed by atoms with Gasteiger partial charge in [0.05, 0.1) is 23.9 Å². The molecule has 0 fully saturated rings. The van der Waals surface area contributed by atoms with E-state index in [9.17, 15) is 9.59 Å². The average Bonchev–Trinajstić information content (AvgIpc) is 3.37. The maximum Gasteiger partial charge on any atom is 0.210 e. The second kappa shape index (κ2) is 13.3. The number of nitrogens with zero attached hydrogens (tertiary/aromatic N) is 2. The molecule has 5 aromatic rings. The zero-order valence-corrected chi connectivity index (χ0v) is 28.1. The van der Waals surface area contributed by atoms with Crippen LogP contribution in [0.5, 0.6) is 5.75 Å². The van der Waals surface area contributed by atoms with E-state index in [4.69, 9.17) is 9.16 Å². The van der Waals surface area contributed by atoms with E-state index in [0.717, 1.165) is 29.5 Å². The Kier molecular flexibility index (Phi) is 9.51. The van der Waals surface area contributed by atoms with E-state index in [2.05, 4.69) is 38.8 Å². The summed E-state index contributed by atoms with van der Waals surface area (Å²) in [4.78, 5) is 32.8. The highest BCUT2D eigenvalue weighted by atomic mass is 28.4. The third-order valence-electron chi connectivity index (χ3n) is 8.97. The van der Waals surface area contributed by atoms with E-state index in [-0.39, 0.29) is 16.6 Å². The molecule has 0 saturated heterocycles. The predicted molar refractivity (Wildman–Crippen MR) is 183 cm³/mol. The first-order valence-corrected chi connectivity index (χ1v) is 18.4. The molecule has 0 amide bonds. The van der Waals surface area contributed by atoms with Crippen molar-refractivity contribution in [2.24, 2.45) is 0 Å². The lowest BCUT2D eigenvalue weighted by molar-refractivity contribution is 0.103. The Bertz CT molecular complexity index is 1790. The minimum Gasteiger partial charge on any atom is -0.497 e. The molecule has 2 aromatic carbocycles. The summed E-state index contributed by atoms with van der Waals surface area (Å²) in [7, 11) is -0.277. The number of carbonyl (C=O) groups is 2. The van der Waals surface area contributed by atoms with Crippen molar-refractivity contribution in [3.63, 3.8) is 0 Å². The van der Waals surface area contributed by atoms with E-state index in [1.807, 2.05) is 65.2 Å². The zero-order valence-electron chi connectivity index (χ0n) is 27.1. The summed E-state index contributed by atoms with van der Waals surface area (Å²) in [5.74, 6) is 0.445. The second-order valence-electron chi connectivity index (χ2n) is 12.9. The lowest BCUT2D eigenvalue weighted by atomic mass is 9.93. The van der Waals surface area contributed by atoms with Gasteiger partial charge in [-0.25, -0.2) is 0 Å². The molecule has 3 aromatic heterocycles. The van der Waals surface area contributed by atoms with Crippen molar-refractivity contribution < 1.29 is 18.8 Å². The summed E-state index contributed by atoms with van der Waals surface area (Å²) in [6.07, 6.45) is 7.59. The van der Waals surface area contributed by atoms with Crippen LogP contribution in [0.25, 0.3) is 16.6 Å². The second-order valence-corrected chi connectivity index (χ2v) is 17.7. The third kappa shape index (κ3) is 6.85. The van der Waals surface area contributed by atoms with Crippen molar-refractivity contribution in [1.82, 2.24) is 9.38 Å². The summed E-state index contributed by atoms with van der Waals surface area (Å²) in [6, 6.07) is 24.3. The number of hydrogen-bond donors (Lipinski definition) is 0. The van der Waals surface area contributed by atoms with Crippen LogP contribution in [0.2, 0.25) is 18.1 Å². The molecule has 232 valence electrons. The van der Waals surface area contributed by atoms with Gasteiger partial charge in [0.25, 0.3) is 0 Å². The number of rotatable bonds is 12. The van der Waals surface area contributed by atoms with Gasteiger partial charge in [-0.1, -0.05) is 51.1 Å². The molecule has 0 saturated carbocycles. The first-order chi connectivity index (χ1) is 21.5. The molecule has 0 N–H and O–H groups in total. The molecule has 0 atom stereocenters. The topological polar surface area (TPSA) is 69.9 Å². The predicted octanol–water partition coefficient (Wildman–Crippen LogP) is 8.82. The SMILES string of the molecule is COc1ccc(C(=O)c2c(CCCCO[Si](C)(C)C(C)(C)C)c(C(=O)c3ccccc3)c3cc(-c4ccncc4)ccn23)cc1. The van der Waals surface area contributed by atoms with Gasteiger partial charge >= 0.3 is 0 Å². The monoisotopic (exact) mass is 618 g/mol. The van der Waals surface area contributed by atoms with Crippen LogP contribution < -0.4 is 4.74 Å². The number of carbonyl (C=O) groups excluding carboxylic acids is 2. The normalized spacial score (nSPS) is 12.0. The van der Waals surface area contributed by atoms with Crippen molar-refractivity contribution in [3.8, 4) is 16.9 Å². The summed E-state index contributed by atoms with van der Waals surface area (Å²) in [5, 5.41) is 0.132. The van der Waals surface area contributed by atoms with Crippen LogP contribution in [0.3, 0.4) is 0 Å². The number of ketones is 2. The number of methoxy groups -OCH3 is 1. The van der Waals surface area contributed by atoms with Crippen molar-refractivity contribution in [3.05, 3.63) is 125 Å². The molecule has 0 aliphatic carbocycles. The van der Waals surface area contributed by atoms with Gasteiger partial charge < -0.3 is 13.6 Å². The van der Waals surface area contributed by atoms with Gasteiger partial charge in [0.2, 0.25) is 5.78 Å². The van der Waals surface area contributed by atoms with Gasteiger partial charge in [-0.05, 0) is 103 Å². The minimum absolute atomic E-state index is 0.0960. The van der Waals surface area contributed by atoms with Crippen molar-refractivity contribution in [1.29, 1.82) is 0 Å². The number of benzene rings is 2. The van der Waals surface area contributed by atoms with Crippen LogP contribution in [0, 0.1) is 0 Å². The standard InChI is InChI=1S/C38H42N2O4Si/c1-38(2,3)45(5,6)44-25-11-10-14-32-34(36(41)28-12-8-7-9-13-28)33-26-30(27-19-22-39-23-20-27)21-24-40(33)35(32)37(42)29-15-17-31(43-4)18-16-29/h7-9,12-13,15-24,26H,10-11,14,25H2,1-6H3. The molecule has 45 heavy (non-hydrogen) atoms. The molecule has 0 unspecified atom stereocenters. The maximum atomic E-state index is 14.3. The minimum atomic E-state index is -1.88. The van der Waals surface area contributed by atoms with Gasteiger partial charge in [-0.3, -0.25) is 14.6 Å². The molecular formula is C38H42N2O4Si. The molecule has 0 radical (unpaired) electrons. The van der Waals surface area contributed by atoms with E-state index >= 15 is 0 Å². The Labute approximate surface area is 267 Å². The molecule has 0 aliphatic heterocycles. The highest BCUT2D eigenvalue weighted by Gasteiger charge is 2.37. The Morgan fingerprint density at radius 3 is 2.13 bits per heavy atom. The fourth-order valence-corrected chi connectivity index (χ4v) is 6.42. The van der Waals surface area contributed by atoms with Gasteiger partial charge in [0, 0.05) is 36.3 Å². The summed E-state index contributed by atoms with van der Waals surface area (Å²) >= 11 is 0. The molecule has 0 bridgehead atoms. The summed E-state index contributed by atoms with van der Waals surface area (Å²) in [6.45, 7) is 11.9. The van der Waals surface area contributed by atoms with Gasteiger partial charge in [0.15, 0.2) is 14.1 Å². The van der Waals surface area contributed by atoms with Crippen molar-refractivity contribution in [2.75, 3.05) is 13.7 Å². The number of ether oxygens (including phenoxy) is 1. The number of pyridine rings is 2. The molecule has 0 aliphatic rings. The molecule has 6 nitrogen and oxygen atoms in total. The van der Waals surface area contributed by atoms with E-state index in [1.54, 1.807) is 43.8 Å². The first kappa shape index (κ1) is 32.1. The van der Waals surface area contributed by atoms with Crippen LogP contribution in [-0.4, -0.2) is 43.0 Å². The lowest BCUT2D eigenvalue weighted by Crippen LogP contribution is -2.40. The highest BCUT2D eigenvalue weighted by Crippen LogP contribution is 2.37. The first-order valence-electron chi connectivity index (χ1n) is 15.5. The number of hydrogen-bond acceptors (Lipinski definition) is 5. The van der Waals surface area contributed by atoms with Gasteiger partial charge in [0.1, 0.15) is 5.75 Å². The van der Waals surface area contributed by atoms with E-state index in [1.165, 1.54) is 0 Å². The maximum absolute atomic E-state index is 14.3. The molecule has 5 rings (SSSR count). The number of aromatic nitrogens is 2. The number of unbranched alkanes of at least 4 members (excludes halogenated alkanes) is 1. The van der Waals surface area contributed by atoms with Crippen molar-refractivity contribution in [2.45, 2.75) is 58.2 Å². The molecule has 0 spiro atoms. The van der Waals surface area contributed by atoms with Crippen LogP contribution in [0.1, 0.15) is 71.1 Å². The lowest BCUT2D eigenvalue weighted by Gasteiger charge is -2.36. The zero-order chi connectivity index (χ0) is 32.2. The molecule has 7 heteroatoms. The fourth-order valence-electron chi connectivity index (χ4n) is 5.33. The highest BCUT2D eigenvalue weighted by molar-refractivity contribution is 6.74. The number of fused-ring (bicyclic) bond motifs is 1. The van der Waals surface area contributed by atoms with Crippen LogP contribution in [0.15, 0.2) is 97.5 Å². The van der Waals surface area contributed by atoms with E-state index in [0.29, 0.717) is 46.7 Å². The van der Waals surface area contributed by atoms with Crippen LogP contribution in [-0.2, 0) is 10.8 Å². The molecule has 3 heterocycles. The Hall–Kier alpha value is -4.33. The fraction of sp³-hybridized carbons (Fsp3) is 0.289. The smallest absolute Gasteiger partial charge is 0.210 e. The summed E-state index contributed by atoms with van der Waals surface area (Å²) < 4.78 is 13.7. The Morgan fingerprint density at radius 2 is 1.49 bits per heavy atom. The van der Waals surface area contributed by atoms with Crippen LogP contribution >= 0.6 is 0 Å². The quantitative estimate of drug-likeness (QED) is 0.0794. The molecular weight excluding hydrogens is 577 g/mol. The summed E-state index contributed by atoms with van der Waals surface area (Å²) in [5.41, 5.74) is 5.62. The van der Waals surface area contributed by atoms with Crippen LogP contribution in [0.4, 0.5) is 0 Å². The van der Waals surface area contributed by atoms with Gasteiger partial charge in [-0.15, -0.1) is 0 Å². The van der Waals surface area contributed by atoms with E-state index < -0.39 is 8.32 Å². The third-order valence-corrected chi connectivity index (χ3v) is 13.5. The Morgan fingerprint density at radius 1 is 0.822 bits per heavy atom.